The maximum absolute atomic E-state index is 11.9. The lowest BCUT2D eigenvalue weighted by Gasteiger charge is -2.06. The maximum atomic E-state index is 11.9. The van der Waals surface area contributed by atoms with Crippen molar-refractivity contribution in [2.45, 2.75) is 13.8 Å². The lowest BCUT2D eigenvalue weighted by Crippen LogP contribution is -2.17. The average Bonchev–Trinajstić information content (AvgIpc) is 2.50. The summed E-state index contributed by atoms with van der Waals surface area (Å²) < 4.78 is 5.29. The summed E-state index contributed by atoms with van der Waals surface area (Å²) in [7, 11) is 0. The molecule has 0 fully saturated rings. The lowest BCUT2D eigenvalue weighted by atomic mass is 10.1. The van der Waals surface area contributed by atoms with E-state index in [1.165, 1.54) is 12.3 Å². The molecule has 0 radical (unpaired) electrons. The molecule has 0 aromatic heterocycles. The number of phenolic OH excluding ortho intramolecular Hbond substituents is 1. The first-order chi connectivity index (χ1) is 10.6. The van der Waals surface area contributed by atoms with Crippen molar-refractivity contribution in [3.63, 3.8) is 0 Å². The predicted molar refractivity (Wildman–Crippen MR) is 85.5 cm³/mol. The van der Waals surface area contributed by atoms with E-state index in [0.717, 1.165) is 5.56 Å². The highest BCUT2D eigenvalue weighted by Gasteiger charge is 2.04. The van der Waals surface area contributed by atoms with E-state index in [0.29, 0.717) is 23.5 Å². The number of carbonyl (C=O) groups is 1. The second-order valence-electron chi connectivity index (χ2n) is 4.73. The fourth-order valence-electron chi connectivity index (χ4n) is 1.90. The summed E-state index contributed by atoms with van der Waals surface area (Å²) in [6.45, 7) is 4.21. The molecule has 5 heteroatoms. The molecule has 0 unspecified atom stereocenters. The van der Waals surface area contributed by atoms with Gasteiger partial charge in [0.2, 0.25) is 0 Å². The van der Waals surface area contributed by atoms with Crippen LogP contribution >= 0.6 is 0 Å². The molecule has 0 heterocycles. The van der Waals surface area contributed by atoms with Crippen LogP contribution in [-0.4, -0.2) is 23.8 Å². The Morgan fingerprint density at radius 3 is 2.86 bits per heavy atom. The molecule has 114 valence electrons. The van der Waals surface area contributed by atoms with Crippen LogP contribution in [0.15, 0.2) is 47.6 Å². The molecule has 2 aromatic rings. The van der Waals surface area contributed by atoms with Gasteiger partial charge in [-0.2, -0.15) is 5.10 Å². The number of ether oxygens (including phenoxy) is 1. The van der Waals surface area contributed by atoms with E-state index in [2.05, 4.69) is 10.5 Å². The number of amides is 1. The molecule has 0 aliphatic carbocycles. The van der Waals surface area contributed by atoms with E-state index < -0.39 is 0 Å². The van der Waals surface area contributed by atoms with E-state index in [-0.39, 0.29) is 11.7 Å². The number of aromatic hydroxyl groups is 1. The number of hydrogen-bond acceptors (Lipinski definition) is 4. The van der Waals surface area contributed by atoms with Crippen molar-refractivity contribution in [2.75, 3.05) is 6.61 Å². The van der Waals surface area contributed by atoms with Crippen molar-refractivity contribution in [1.82, 2.24) is 5.43 Å². The number of phenols is 1. The highest BCUT2D eigenvalue weighted by atomic mass is 16.5. The van der Waals surface area contributed by atoms with Gasteiger partial charge in [-0.15, -0.1) is 0 Å². The van der Waals surface area contributed by atoms with Crippen molar-refractivity contribution < 1.29 is 14.6 Å². The molecule has 0 bridgehead atoms. The highest BCUT2D eigenvalue weighted by molar-refractivity contribution is 5.95. The minimum Gasteiger partial charge on any atom is -0.504 e. The molecule has 22 heavy (non-hydrogen) atoms. The van der Waals surface area contributed by atoms with Crippen molar-refractivity contribution in [2.24, 2.45) is 5.10 Å². The number of hydrazone groups is 1. The standard InChI is InChI=1S/C17H18N2O3/c1-3-22-16-10-13(7-8-15(16)20)11-18-19-17(21)14-6-4-5-12(2)9-14/h4-11,20H,3H2,1-2H3,(H,19,21). The van der Waals surface area contributed by atoms with Crippen molar-refractivity contribution in [3.8, 4) is 11.5 Å². The minimum absolute atomic E-state index is 0.0720. The van der Waals surface area contributed by atoms with Gasteiger partial charge in [-0.25, -0.2) is 5.43 Å². The van der Waals surface area contributed by atoms with Gasteiger partial charge < -0.3 is 9.84 Å². The molecule has 0 aliphatic rings. The van der Waals surface area contributed by atoms with E-state index in [1.807, 2.05) is 26.0 Å². The van der Waals surface area contributed by atoms with Crippen LogP contribution in [-0.2, 0) is 0 Å². The summed E-state index contributed by atoms with van der Waals surface area (Å²) in [4.78, 5) is 11.9. The molecular formula is C17H18N2O3. The normalized spacial score (nSPS) is 10.6. The molecule has 2 rings (SSSR count). The summed E-state index contributed by atoms with van der Waals surface area (Å²) in [5.74, 6) is 0.183. The quantitative estimate of drug-likeness (QED) is 0.658. The number of benzene rings is 2. The zero-order valence-electron chi connectivity index (χ0n) is 12.5. The zero-order chi connectivity index (χ0) is 15.9. The van der Waals surface area contributed by atoms with Crippen LogP contribution in [0.3, 0.4) is 0 Å². The van der Waals surface area contributed by atoms with Gasteiger partial charge in [-0.05, 0) is 49.7 Å². The fourth-order valence-corrected chi connectivity index (χ4v) is 1.90. The first-order valence-electron chi connectivity index (χ1n) is 6.96. The van der Waals surface area contributed by atoms with Gasteiger partial charge in [0.05, 0.1) is 12.8 Å². The Hall–Kier alpha value is -2.82. The molecular weight excluding hydrogens is 280 g/mol. The Morgan fingerprint density at radius 1 is 1.32 bits per heavy atom. The summed E-state index contributed by atoms with van der Waals surface area (Å²) in [5.41, 5.74) is 4.75. The van der Waals surface area contributed by atoms with E-state index >= 15 is 0 Å². The first-order valence-corrected chi connectivity index (χ1v) is 6.96. The van der Waals surface area contributed by atoms with Gasteiger partial charge >= 0.3 is 0 Å². The van der Waals surface area contributed by atoms with Gasteiger partial charge in [-0.1, -0.05) is 17.7 Å². The summed E-state index contributed by atoms with van der Waals surface area (Å²) in [5, 5.41) is 13.5. The topological polar surface area (TPSA) is 70.9 Å². The number of nitrogens with zero attached hydrogens (tertiary/aromatic N) is 1. The van der Waals surface area contributed by atoms with E-state index in [4.69, 9.17) is 4.74 Å². The van der Waals surface area contributed by atoms with Crippen molar-refractivity contribution in [3.05, 3.63) is 59.2 Å². The van der Waals surface area contributed by atoms with Crippen LogP contribution in [0.1, 0.15) is 28.4 Å². The summed E-state index contributed by atoms with van der Waals surface area (Å²) in [6, 6.07) is 12.1. The smallest absolute Gasteiger partial charge is 0.271 e. The van der Waals surface area contributed by atoms with Gasteiger partial charge in [0, 0.05) is 5.56 Å². The third-order valence-corrected chi connectivity index (χ3v) is 2.94. The van der Waals surface area contributed by atoms with Gasteiger partial charge in [0.1, 0.15) is 0 Å². The van der Waals surface area contributed by atoms with Gasteiger partial charge in [0.25, 0.3) is 5.91 Å². The van der Waals surface area contributed by atoms with Crippen molar-refractivity contribution >= 4 is 12.1 Å². The molecule has 2 aromatic carbocycles. The van der Waals surface area contributed by atoms with Crippen LogP contribution in [0, 0.1) is 6.92 Å². The van der Waals surface area contributed by atoms with Crippen LogP contribution in [0.5, 0.6) is 11.5 Å². The van der Waals surface area contributed by atoms with Crippen LogP contribution in [0.2, 0.25) is 0 Å². The largest absolute Gasteiger partial charge is 0.504 e. The lowest BCUT2D eigenvalue weighted by molar-refractivity contribution is 0.0955. The molecule has 1 amide bonds. The van der Waals surface area contributed by atoms with Crippen molar-refractivity contribution in [1.29, 1.82) is 0 Å². The summed E-state index contributed by atoms with van der Waals surface area (Å²) >= 11 is 0. The molecule has 0 saturated heterocycles. The van der Waals surface area contributed by atoms with Crippen LogP contribution in [0.4, 0.5) is 0 Å². The predicted octanol–water partition coefficient (Wildman–Crippen LogP) is 2.86. The number of hydrogen-bond donors (Lipinski definition) is 2. The van der Waals surface area contributed by atoms with Crippen LogP contribution < -0.4 is 10.2 Å². The Morgan fingerprint density at radius 2 is 2.14 bits per heavy atom. The molecule has 0 spiro atoms. The molecule has 5 nitrogen and oxygen atoms in total. The minimum atomic E-state index is -0.274. The Bertz CT molecular complexity index is 696. The van der Waals surface area contributed by atoms with Crippen LogP contribution in [0.25, 0.3) is 0 Å². The Balaban J connectivity index is 2.03. The maximum Gasteiger partial charge on any atom is 0.271 e. The SMILES string of the molecule is CCOc1cc(C=NNC(=O)c2cccc(C)c2)ccc1O. The first kappa shape index (κ1) is 15.6. The number of carbonyl (C=O) groups excluding carboxylic acids is 1. The third-order valence-electron chi connectivity index (χ3n) is 2.94. The molecule has 2 N–H and O–H groups in total. The van der Waals surface area contributed by atoms with E-state index in [9.17, 15) is 9.90 Å². The van der Waals surface area contributed by atoms with Gasteiger partial charge in [-0.3, -0.25) is 4.79 Å². The highest BCUT2D eigenvalue weighted by Crippen LogP contribution is 2.26. The number of nitrogens with one attached hydrogen (secondary N) is 1. The number of aryl methyl sites for hydroxylation is 1. The number of rotatable bonds is 5. The van der Waals surface area contributed by atoms with Gasteiger partial charge in [0.15, 0.2) is 11.5 Å². The van der Waals surface area contributed by atoms with E-state index in [1.54, 1.807) is 24.3 Å². The Kier molecular flexibility index (Phi) is 5.14. The second kappa shape index (κ2) is 7.26. The molecule has 0 aliphatic heterocycles. The third kappa shape index (κ3) is 4.09. The average molecular weight is 298 g/mol. The monoisotopic (exact) mass is 298 g/mol. The molecule has 0 saturated carbocycles. The zero-order valence-corrected chi connectivity index (χ0v) is 12.5. The molecule has 0 atom stereocenters. The summed E-state index contributed by atoms with van der Waals surface area (Å²) in [6.07, 6.45) is 1.50. The fraction of sp³-hybridized carbons (Fsp3) is 0.176. The second-order valence-corrected chi connectivity index (χ2v) is 4.73. The Labute approximate surface area is 129 Å².